The molecule has 11 aromatic rings. The van der Waals surface area contributed by atoms with Crippen molar-refractivity contribution in [2.45, 2.75) is 70.3 Å². The van der Waals surface area contributed by atoms with Gasteiger partial charge in [-0.2, -0.15) is 0 Å². The molecule has 1 N–H and O–H groups in total. The minimum Gasteiger partial charge on any atom is -0.507 e. The molecule has 0 radical (unpaired) electrons. The maximum Gasteiger partial charge on any atom is 0.331 e. The molecule has 2 heterocycles. The molecule has 5 atom stereocenters. The number of ether oxygens (including phenoxy) is 10. The molecule has 0 aliphatic carbocycles. The van der Waals surface area contributed by atoms with Crippen LogP contribution in [-0.4, -0.2) is 54.4 Å². The molecule has 10 aromatic carbocycles. The molecule has 1 saturated heterocycles. The van der Waals surface area contributed by atoms with Gasteiger partial charge in [-0.25, -0.2) is 9.59 Å². The van der Waals surface area contributed by atoms with Crippen LogP contribution in [0.15, 0.2) is 288 Å². The van der Waals surface area contributed by atoms with Crippen molar-refractivity contribution in [3.63, 3.8) is 0 Å². The van der Waals surface area contributed by atoms with E-state index in [1.54, 1.807) is 48.6 Å². The van der Waals surface area contributed by atoms with Gasteiger partial charge in [0.25, 0.3) is 0 Å². The smallest absolute Gasteiger partial charge is 0.331 e. The van der Waals surface area contributed by atoms with Crippen LogP contribution in [0.2, 0.25) is 0 Å². The molecule has 1 aliphatic heterocycles. The molecule has 0 unspecified atom stereocenters. The summed E-state index contributed by atoms with van der Waals surface area (Å²) >= 11 is 0. The number of rotatable bonds is 28. The van der Waals surface area contributed by atoms with Gasteiger partial charge in [0.2, 0.25) is 17.5 Å². The van der Waals surface area contributed by atoms with Gasteiger partial charge >= 0.3 is 11.9 Å². The standard InChI is InChI=1S/C81H68O15/c82-69-47-68(89-52-61-25-13-4-14-26-61)48-70-74(69)75(85)78(76(93-70)64-37-43-67(44-38-64)88-51-60-23-11-3-12-24-60)96-81-80(92-54-63-29-17-6-18-30-63)79(95-73(84)46-36-57-33-41-66(42-34-57)87-50-59-21-9-2-10-22-59)77(91-53-62-27-15-5-16-28-62)71(94-81)55-90-72(83)45-35-56-31-39-65(40-32-56)86-49-58-19-7-1-8-20-58/h1-48,71,77,79-82H,49-55H2/b45-35+,46-36+/t71-,77-,79+,80-,81+/m1/s1. The molecule has 1 aliphatic rings. The van der Waals surface area contributed by atoms with Gasteiger partial charge < -0.3 is 56.9 Å². The first-order valence-corrected chi connectivity index (χ1v) is 31.4. The van der Waals surface area contributed by atoms with Crippen LogP contribution in [-0.2, 0) is 72.9 Å². The van der Waals surface area contributed by atoms with Crippen LogP contribution in [0.1, 0.15) is 44.5 Å². The van der Waals surface area contributed by atoms with Crippen LogP contribution in [0.25, 0.3) is 34.4 Å². The molecule has 482 valence electrons. The van der Waals surface area contributed by atoms with Gasteiger partial charge in [-0.05, 0) is 105 Å². The van der Waals surface area contributed by atoms with E-state index >= 15 is 4.79 Å². The van der Waals surface area contributed by atoms with Gasteiger partial charge in [0, 0.05) is 29.8 Å². The van der Waals surface area contributed by atoms with Gasteiger partial charge in [0.05, 0.1) is 13.2 Å². The maximum atomic E-state index is 15.5. The molecule has 1 fully saturated rings. The van der Waals surface area contributed by atoms with Gasteiger partial charge in [0.15, 0.2) is 18.0 Å². The molecule has 0 bridgehead atoms. The monoisotopic (exact) mass is 1280 g/mol. The van der Waals surface area contributed by atoms with E-state index in [2.05, 4.69) is 0 Å². The Bertz CT molecular complexity index is 4400. The summed E-state index contributed by atoms with van der Waals surface area (Å²) in [5.41, 5.74) is 6.25. The van der Waals surface area contributed by atoms with E-state index in [9.17, 15) is 14.7 Å². The van der Waals surface area contributed by atoms with Crippen LogP contribution >= 0.6 is 0 Å². The first kappa shape index (κ1) is 64.6. The minimum atomic E-state index is -1.68. The predicted octanol–water partition coefficient (Wildman–Crippen LogP) is 15.6. The second kappa shape index (κ2) is 32.4. The van der Waals surface area contributed by atoms with Gasteiger partial charge in [-0.3, -0.25) is 4.79 Å². The lowest BCUT2D eigenvalue weighted by Gasteiger charge is -2.45. The van der Waals surface area contributed by atoms with E-state index in [1.165, 1.54) is 24.3 Å². The van der Waals surface area contributed by atoms with Crippen LogP contribution in [0, 0.1) is 0 Å². The number of fused-ring (bicyclic) bond motifs is 1. The molecule has 0 saturated carbocycles. The largest absolute Gasteiger partial charge is 0.507 e. The fraction of sp³-hybridized carbons (Fsp3) is 0.148. The number of carbonyl (C=O) groups excluding carboxylic acids is 2. The quantitative estimate of drug-likeness (QED) is 0.0362. The zero-order chi connectivity index (χ0) is 65.7. The maximum absolute atomic E-state index is 15.5. The molecule has 1 aromatic heterocycles. The lowest BCUT2D eigenvalue weighted by atomic mass is 9.97. The summed E-state index contributed by atoms with van der Waals surface area (Å²) in [6, 6.07) is 81.6. The highest BCUT2D eigenvalue weighted by Gasteiger charge is 2.52. The van der Waals surface area contributed by atoms with E-state index in [4.69, 9.17) is 51.8 Å². The summed E-state index contributed by atoms with van der Waals surface area (Å²) < 4.78 is 71.2. The summed E-state index contributed by atoms with van der Waals surface area (Å²) in [6.07, 6.45) is -1.32. The molecule has 12 rings (SSSR count). The zero-order valence-corrected chi connectivity index (χ0v) is 52.2. The number of esters is 2. The Morgan fingerprint density at radius 1 is 0.427 bits per heavy atom. The van der Waals surface area contributed by atoms with Crippen LogP contribution in [0.5, 0.6) is 34.5 Å². The third-order valence-corrected chi connectivity index (χ3v) is 15.6. The number of phenols is 1. The summed E-state index contributed by atoms with van der Waals surface area (Å²) in [5, 5.41) is 11.6. The SMILES string of the molecule is O=C(/C=C/c1ccc(OCc2ccccc2)cc1)OC[C@H]1O[C@@H](Oc2c(-c3ccc(OCc4ccccc4)cc3)oc3cc(OCc4ccccc4)cc(O)c3c2=O)[C@H](OCc2ccccc2)[C@@H](OC(=O)/C=C/c2ccc(OCc3ccccc3)cc2)[C@@H]1OCc1ccccc1. The van der Waals surface area contributed by atoms with E-state index in [-0.39, 0.29) is 48.9 Å². The van der Waals surface area contributed by atoms with Crippen LogP contribution in [0.3, 0.4) is 0 Å². The third-order valence-electron chi connectivity index (χ3n) is 15.6. The molecule has 0 amide bonds. The lowest BCUT2D eigenvalue weighted by molar-refractivity contribution is -0.301. The Hall–Kier alpha value is -11.5. The fourth-order valence-electron chi connectivity index (χ4n) is 10.6. The Labute approximate surface area is 555 Å². The average molecular weight is 1280 g/mol. The molecular weight excluding hydrogens is 1210 g/mol. The topological polar surface area (TPSA) is 177 Å². The van der Waals surface area contributed by atoms with Gasteiger partial charge in [-0.15, -0.1) is 0 Å². The Balaban J connectivity index is 0.906. The number of hydrogen-bond acceptors (Lipinski definition) is 15. The van der Waals surface area contributed by atoms with Crippen molar-refractivity contribution >= 4 is 35.1 Å². The highest BCUT2D eigenvalue weighted by atomic mass is 16.7. The number of phenolic OH excluding ortho intramolecular Hbond substituents is 1. The lowest BCUT2D eigenvalue weighted by Crippen LogP contribution is -2.63. The summed E-state index contributed by atoms with van der Waals surface area (Å²) in [5.74, 6) is -0.476. The second-order valence-electron chi connectivity index (χ2n) is 22.5. The second-order valence-corrected chi connectivity index (χ2v) is 22.5. The summed E-state index contributed by atoms with van der Waals surface area (Å²) in [6.45, 7) is 0.607. The minimum absolute atomic E-state index is 0.0242. The van der Waals surface area contributed by atoms with Crippen molar-refractivity contribution in [1.29, 1.82) is 0 Å². The molecular formula is C81H68O15. The number of hydrogen-bond donors (Lipinski definition) is 1. The number of benzene rings is 10. The van der Waals surface area contributed by atoms with Crippen LogP contribution < -0.4 is 29.1 Å². The van der Waals surface area contributed by atoms with Crippen molar-refractivity contribution < 1.29 is 66.5 Å². The molecule has 15 heteroatoms. The Kier molecular flexibility index (Phi) is 21.8. The molecule has 15 nitrogen and oxygen atoms in total. The predicted molar refractivity (Wildman–Crippen MR) is 364 cm³/mol. The number of aromatic hydroxyl groups is 1. The van der Waals surface area contributed by atoms with Crippen molar-refractivity contribution in [3.8, 4) is 45.8 Å². The summed E-state index contributed by atoms with van der Waals surface area (Å²) in [4.78, 5) is 44.2. The highest BCUT2D eigenvalue weighted by Crippen LogP contribution is 2.40. The van der Waals surface area contributed by atoms with E-state index in [0.29, 0.717) is 47.2 Å². The van der Waals surface area contributed by atoms with Gasteiger partial charge in [-0.1, -0.05) is 206 Å². The third kappa shape index (κ3) is 17.8. The van der Waals surface area contributed by atoms with Crippen molar-refractivity contribution in [2.75, 3.05) is 6.61 Å². The van der Waals surface area contributed by atoms with Gasteiger partial charge in [0.1, 0.15) is 85.0 Å². The van der Waals surface area contributed by atoms with E-state index < -0.39 is 66.2 Å². The van der Waals surface area contributed by atoms with E-state index in [0.717, 1.165) is 33.4 Å². The average Bonchev–Trinajstić information content (AvgIpc) is 0.759. The highest BCUT2D eigenvalue weighted by molar-refractivity contribution is 5.89. The van der Waals surface area contributed by atoms with Crippen molar-refractivity contribution in [2.24, 2.45) is 0 Å². The molecule has 96 heavy (non-hydrogen) atoms. The molecule has 0 spiro atoms. The van der Waals surface area contributed by atoms with Crippen molar-refractivity contribution in [1.82, 2.24) is 0 Å². The number of carbonyl (C=O) groups is 2. The van der Waals surface area contributed by atoms with Crippen molar-refractivity contribution in [3.05, 3.63) is 334 Å². The van der Waals surface area contributed by atoms with E-state index in [1.807, 2.05) is 218 Å². The van der Waals surface area contributed by atoms with Crippen LogP contribution in [0.4, 0.5) is 0 Å². The zero-order valence-electron chi connectivity index (χ0n) is 52.2. The normalized spacial score (nSPS) is 16.0. The Morgan fingerprint density at radius 2 is 0.823 bits per heavy atom. The fourth-order valence-corrected chi connectivity index (χ4v) is 10.6. The first-order chi connectivity index (χ1) is 47.2. The Morgan fingerprint density at radius 3 is 1.27 bits per heavy atom. The first-order valence-electron chi connectivity index (χ1n) is 31.4. The summed E-state index contributed by atoms with van der Waals surface area (Å²) in [7, 11) is 0.